The summed E-state index contributed by atoms with van der Waals surface area (Å²) in [4.78, 5) is 18.4. The van der Waals surface area contributed by atoms with Gasteiger partial charge >= 0.3 is 0 Å². The van der Waals surface area contributed by atoms with Crippen molar-refractivity contribution < 1.29 is 9.63 Å². The minimum Gasteiger partial charge on any atom is -0.417 e. The van der Waals surface area contributed by atoms with Gasteiger partial charge in [0.15, 0.2) is 6.29 Å². The maximum Gasteiger partial charge on any atom is 0.150 e. The van der Waals surface area contributed by atoms with Gasteiger partial charge in [-0.25, -0.2) is 0 Å². The molecule has 0 aliphatic heterocycles. The lowest BCUT2D eigenvalue weighted by molar-refractivity contribution is 0.112. The van der Waals surface area contributed by atoms with Crippen LogP contribution in [0.3, 0.4) is 0 Å². The van der Waals surface area contributed by atoms with Crippen molar-refractivity contribution in [3.8, 4) is 0 Å². The van der Waals surface area contributed by atoms with Gasteiger partial charge in [-0.1, -0.05) is 12.1 Å². The fourth-order valence-corrected chi connectivity index (χ4v) is 2.08. The molecule has 0 saturated carbocycles. The minimum absolute atomic E-state index is 0.704. The monoisotopic (exact) mass is 232 g/mol. The Morgan fingerprint density at radius 3 is 2.76 bits per heavy atom. The zero-order valence-corrected chi connectivity index (χ0v) is 10.3. The molecule has 0 fully saturated rings. The van der Waals surface area contributed by atoms with Crippen LogP contribution in [0.15, 0.2) is 24.4 Å². The summed E-state index contributed by atoms with van der Waals surface area (Å²) in [6.45, 7) is 0.776. The standard InChI is InChI=1S/C13H16N2O2/c1-14(2)7-11-8-15(17-3)12-6-4-5-10(9-16)13(11)12/h4-6,8-9H,7H2,1-3H3. The maximum atomic E-state index is 11.1. The molecule has 4 heteroatoms. The van der Waals surface area contributed by atoms with Gasteiger partial charge in [0.2, 0.25) is 0 Å². The molecular formula is C13H16N2O2. The Balaban J connectivity index is 2.69. The van der Waals surface area contributed by atoms with Crippen molar-refractivity contribution in [3.63, 3.8) is 0 Å². The van der Waals surface area contributed by atoms with Crippen LogP contribution in [0.4, 0.5) is 0 Å². The van der Waals surface area contributed by atoms with Gasteiger partial charge in [-0.05, 0) is 25.7 Å². The second-order valence-corrected chi connectivity index (χ2v) is 4.26. The molecule has 1 aromatic carbocycles. The smallest absolute Gasteiger partial charge is 0.150 e. The summed E-state index contributed by atoms with van der Waals surface area (Å²) in [6.07, 6.45) is 2.82. The molecule has 1 heterocycles. The summed E-state index contributed by atoms with van der Waals surface area (Å²) < 4.78 is 1.70. The molecule has 0 N–H and O–H groups in total. The Labute approximate surface area is 100 Å². The predicted octanol–water partition coefficient (Wildman–Crippen LogP) is 1.57. The third-order valence-electron chi connectivity index (χ3n) is 2.72. The Hall–Kier alpha value is -1.81. The zero-order valence-electron chi connectivity index (χ0n) is 10.3. The number of rotatable bonds is 4. The average molecular weight is 232 g/mol. The van der Waals surface area contributed by atoms with Crippen LogP contribution in [0.2, 0.25) is 0 Å². The molecular weight excluding hydrogens is 216 g/mol. The lowest BCUT2D eigenvalue weighted by Crippen LogP contribution is -2.10. The number of aromatic nitrogens is 1. The highest BCUT2D eigenvalue weighted by atomic mass is 16.6. The zero-order chi connectivity index (χ0) is 12.4. The molecule has 0 unspecified atom stereocenters. The lowest BCUT2D eigenvalue weighted by Gasteiger charge is -2.08. The summed E-state index contributed by atoms with van der Waals surface area (Å²) in [5, 5.41) is 0.970. The van der Waals surface area contributed by atoms with E-state index >= 15 is 0 Å². The van der Waals surface area contributed by atoms with Crippen LogP contribution >= 0.6 is 0 Å². The van der Waals surface area contributed by atoms with Crippen molar-refractivity contribution in [1.82, 2.24) is 9.63 Å². The van der Waals surface area contributed by atoms with Crippen molar-refractivity contribution in [3.05, 3.63) is 35.5 Å². The van der Waals surface area contributed by atoms with E-state index in [9.17, 15) is 4.79 Å². The number of fused-ring (bicyclic) bond motifs is 1. The fraction of sp³-hybridized carbons (Fsp3) is 0.308. The van der Waals surface area contributed by atoms with Crippen molar-refractivity contribution in [2.75, 3.05) is 21.2 Å². The van der Waals surface area contributed by atoms with Gasteiger partial charge in [0.1, 0.15) is 7.11 Å². The molecule has 0 atom stereocenters. The molecule has 17 heavy (non-hydrogen) atoms. The molecule has 0 saturated heterocycles. The fourth-order valence-electron chi connectivity index (χ4n) is 2.08. The SMILES string of the molecule is COn1cc(CN(C)C)c2c(C=O)cccc21. The van der Waals surface area contributed by atoms with Gasteiger partial charge in [-0.15, -0.1) is 0 Å². The number of hydrogen-bond acceptors (Lipinski definition) is 3. The number of carbonyl (C=O) groups is 1. The van der Waals surface area contributed by atoms with Crippen molar-refractivity contribution >= 4 is 17.2 Å². The van der Waals surface area contributed by atoms with Crippen LogP contribution in [0.5, 0.6) is 0 Å². The number of hydrogen-bond donors (Lipinski definition) is 0. The van der Waals surface area contributed by atoms with E-state index in [1.54, 1.807) is 11.8 Å². The first-order chi connectivity index (χ1) is 8.17. The maximum absolute atomic E-state index is 11.1. The molecule has 0 aliphatic carbocycles. The quantitative estimate of drug-likeness (QED) is 0.750. The molecule has 1 aromatic heterocycles. The molecule has 90 valence electrons. The topological polar surface area (TPSA) is 34.5 Å². The average Bonchev–Trinajstić information content (AvgIpc) is 2.66. The molecule has 0 aliphatic rings. The van der Waals surface area contributed by atoms with E-state index in [-0.39, 0.29) is 0 Å². The van der Waals surface area contributed by atoms with E-state index in [1.807, 2.05) is 38.5 Å². The first kappa shape index (κ1) is 11.7. The highest BCUT2D eigenvalue weighted by Crippen LogP contribution is 2.24. The minimum atomic E-state index is 0.704. The summed E-state index contributed by atoms with van der Waals surface area (Å²) in [5.41, 5.74) is 2.72. The summed E-state index contributed by atoms with van der Waals surface area (Å²) in [6, 6.07) is 5.64. The Morgan fingerprint density at radius 1 is 1.41 bits per heavy atom. The molecule has 0 spiro atoms. The van der Waals surface area contributed by atoms with Gasteiger partial charge in [0.05, 0.1) is 5.52 Å². The lowest BCUT2D eigenvalue weighted by atomic mass is 10.1. The highest BCUT2D eigenvalue weighted by molar-refractivity contribution is 5.99. The van der Waals surface area contributed by atoms with E-state index in [0.717, 1.165) is 29.3 Å². The number of carbonyl (C=O) groups excluding carboxylic acids is 1. The normalized spacial score (nSPS) is 11.1. The second-order valence-electron chi connectivity index (χ2n) is 4.26. The molecule has 2 aromatic rings. The Bertz CT molecular complexity index is 544. The van der Waals surface area contributed by atoms with Crippen LogP contribution in [0, 0.1) is 0 Å². The summed E-state index contributed by atoms with van der Waals surface area (Å²) in [7, 11) is 5.62. The highest BCUT2D eigenvalue weighted by Gasteiger charge is 2.12. The van der Waals surface area contributed by atoms with Gasteiger partial charge in [0, 0.05) is 23.7 Å². The number of aldehydes is 1. The van der Waals surface area contributed by atoms with Crippen molar-refractivity contribution in [2.45, 2.75) is 6.54 Å². The summed E-state index contributed by atoms with van der Waals surface area (Å²) in [5.74, 6) is 0. The van der Waals surface area contributed by atoms with Gasteiger partial charge in [-0.2, -0.15) is 4.73 Å². The van der Waals surface area contributed by atoms with Crippen LogP contribution < -0.4 is 4.84 Å². The van der Waals surface area contributed by atoms with E-state index in [2.05, 4.69) is 4.90 Å². The number of nitrogens with zero attached hydrogens (tertiary/aromatic N) is 2. The number of benzene rings is 1. The second kappa shape index (κ2) is 4.59. The van der Waals surface area contributed by atoms with E-state index in [4.69, 9.17) is 4.84 Å². The molecule has 0 bridgehead atoms. The van der Waals surface area contributed by atoms with Gasteiger partial charge < -0.3 is 9.74 Å². The first-order valence-corrected chi connectivity index (χ1v) is 5.44. The van der Waals surface area contributed by atoms with Crippen molar-refractivity contribution in [1.29, 1.82) is 0 Å². The van der Waals surface area contributed by atoms with Crippen LogP contribution in [0.1, 0.15) is 15.9 Å². The van der Waals surface area contributed by atoms with Crippen molar-refractivity contribution in [2.24, 2.45) is 0 Å². The van der Waals surface area contributed by atoms with Crippen LogP contribution in [-0.4, -0.2) is 37.1 Å². The predicted molar refractivity (Wildman–Crippen MR) is 67.2 cm³/mol. The molecule has 4 nitrogen and oxygen atoms in total. The first-order valence-electron chi connectivity index (χ1n) is 5.44. The van der Waals surface area contributed by atoms with E-state index in [1.165, 1.54) is 0 Å². The van der Waals surface area contributed by atoms with E-state index in [0.29, 0.717) is 5.56 Å². The summed E-state index contributed by atoms with van der Waals surface area (Å²) >= 11 is 0. The van der Waals surface area contributed by atoms with E-state index < -0.39 is 0 Å². The van der Waals surface area contributed by atoms with Crippen LogP contribution in [0.25, 0.3) is 10.9 Å². The Kier molecular flexibility index (Phi) is 3.15. The third-order valence-corrected chi connectivity index (χ3v) is 2.72. The molecule has 0 radical (unpaired) electrons. The molecule has 2 rings (SSSR count). The van der Waals surface area contributed by atoms with Gasteiger partial charge in [-0.3, -0.25) is 4.79 Å². The molecule has 0 amide bonds. The Morgan fingerprint density at radius 2 is 2.18 bits per heavy atom. The van der Waals surface area contributed by atoms with Gasteiger partial charge in [0.25, 0.3) is 0 Å². The third kappa shape index (κ3) is 2.03. The van der Waals surface area contributed by atoms with Crippen LogP contribution in [-0.2, 0) is 6.54 Å². The largest absolute Gasteiger partial charge is 0.417 e.